The zero-order valence-electron chi connectivity index (χ0n) is 11.7. The number of aromatic nitrogens is 1. The van der Waals surface area contributed by atoms with Crippen LogP contribution < -0.4 is 10.1 Å². The van der Waals surface area contributed by atoms with E-state index in [1.54, 1.807) is 0 Å². The Morgan fingerprint density at radius 3 is 2.75 bits per heavy atom. The first-order chi connectivity index (χ1) is 9.67. The van der Waals surface area contributed by atoms with Gasteiger partial charge in [0, 0.05) is 12.3 Å². The fourth-order valence-corrected chi connectivity index (χ4v) is 2.52. The van der Waals surface area contributed by atoms with Gasteiger partial charge in [0.05, 0.1) is 5.69 Å². The number of benzene rings is 1. The Balaban J connectivity index is 1.88. The van der Waals surface area contributed by atoms with Gasteiger partial charge in [-0.15, -0.1) is 11.3 Å². The molecule has 0 aliphatic rings. The molecule has 0 saturated heterocycles. The number of hydrogen-bond donors (Lipinski definition) is 1. The summed E-state index contributed by atoms with van der Waals surface area (Å²) in [6, 6.07) is 8.13. The first-order valence-electron chi connectivity index (χ1n) is 6.61. The number of aryl methyl sites for hydroxylation is 1. The van der Waals surface area contributed by atoms with Crippen molar-refractivity contribution in [1.29, 1.82) is 0 Å². The van der Waals surface area contributed by atoms with E-state index in [2.05, 4.69) is 29.4 Å². The molecule has 1 amide bonds. The third-order valence-electron chi connectivity index (χ3n) is 2.68. The minimum Gasteiger partial charge on any atom is -0.487 e. The first kappa shape index (κ1) is 14.5. The van der Waals surface area contributed by atoms with E-state index < -0.39 is 0 Å². The van der Waals surface area contributed by atoms with Gasteiger partial charge in [-0.2, -0.15) is 0 Å². The van der Waals surface area contributed by atoms with Gasteiger partial charge in [-0.3, -0.25) is 4.79 Å². The number of ether oxygens (including phenoxy) is 1. The molecule has 0 saturated carbocycles. The smallest absolute Gasteiger partial charge is 0.223 e. The van der Waals surface area contributed by atoms with Crippen molar-refractivity contribution >= 4 is 22.4 Å². The SMILES string of the molecule is CCCc1ccc(OCc2csc(NC(C)=O)n2)cc1. The van der Waals surface area contributed by atoms with Gasteiger partial charge in [0.1, 0.15) is 12.4 Å². The van der Waals surface area contributed by atoms with Crippen LogP contribution in [0.15, 0.2) is 29.6 Å². The van der Waals surface area contributed by atoms with Crippen LogP contribution in [0.3, 0.4) is 0 Å². The van der Waals surface area contributed by atoms with Crippen LogP contribution in [0.25, 0.3) is 0 Å². The number of nitrogens with one attached hydrogen (secondary N) is 1. The third-order valence-corrected chi connectivity index (χ3v) is 3.49. The van der Waals surface area contributed by atoms with Gasteiger partial charge < -0.3 is 10.1 Å². The number of amides is 1. The number of rotatable bonds is 6. The van der Waals surface area contributed by atoms with Gasteiger partial charge in [0.15, 0.2) is 5.13 Å². The minimum absolute atomic E-state index is 0.113. The van der Waals surface area contributed by atoms with E-state index in [0.717, 1.165) is 24.3 Å². The molecule has 2 aromatic rings. The molecule has 5 heteroatoms. The van der Waals surface area contributed by atoms with Crippen LogP contribution in [0.5, 0.6) is 5.75 Å². The molecule has 1 aromatic heterocycles. The molecule has 106 valence electrons. The Bertz CT molecular complexity index is 564. The number of thiazole rings is 1. The molecule has 1 N–H and O–H groups in total. The van der Waals surface area contributed by atoms with Crippen molar-refractivity contribution < 1.29 is 9.53 Å². The van der Waals surface area contributed by atoms with Gasteiger partial charge in [-0.1, -0.05) is 25.5 Å². The summed E-state index contributed by atoms with van der Waals surface area (Å²) in [6.45, 7) is 4.04. The van der Waals surface area contributed by atoms with E-state index in [1.165, 1.54) is 23.8 Å². The maximum absolute atomic E-state index is 10.9. The Morgan fingerprint density at radius 2 is 2.10 bits per heavy atom. The maximum atomic E-state index is 10.9. The quantitative estimate of drug-likeness (QED) is 0.883. The molecule has 1 aromatic carbocycles. The molecule has 0 unspecified atom stereocenters. The van der Waals surface area contributed by atoms with Crippen molar-refractivity contribution in [2.75, 3.05) is 5.32 Å². The summed E-state index contributed by atoms with van der Waals surface area (Å²) in [7, 11) is 0. The Labute approximate surface area is 122 Å². The zero-order chi connectivity index (χ0) is 14.4. The average Bonchev–Trinajstić information content (AvgIpc) is 2.85. The molecule has 20 heavy (non-hydrogen) atoms. The van der Waals surface area contributed by atoms with Gasteiger partial charge in [0.25, 0.3) is 0 Å². The summed E-state index contributed by atoms with van der Waals surface area (Å²) in [4.78, 5) is 15.2. The summed E-state index contributed by atoms with van der Waals surface area (Å²) >= 11 is 1.40. The van der Waals surface area contributed by atoms with Crippen molar-refractivity contribution in [1.82, 2.24) is 4.98 Å². The molecular weight excluding hydrogens is 272 g/mol. The lowest BCUT2D eigenvalue weighted by Crippen LogP contribution is -2.05. The fraction of sp³-hybridized carbons (Fsp3) is 0.333. The summed E-state index contributed by atoms with van der Waals surface area (Å²) in [5.74, 6) is 0.720. The highest BCUT2D eigenvalue weighted by Crippen LogP contribution is 2.18. The predicted octanol–water partition coefficient (Wildman–Crippen LogP) is 3.63. The number of carbonyl (C=O) groups is 1. The molecule has 0 fully saturated rings. The molecule has 0 spiro atoms. The largest absolute Gasteiger partial charge is 0.487 e. The van der Waals surface area contributed by atoms with Crippen LogP contribution in [-0.4, -0.2) is 10.9 Å². The second kappa shape index (κ2) is 7.05. The number of nitrogens with zero attached hydrogens (tertiary/aromatic N) is 1. The van der Waals surface area contributed by atoms with Crippen molar-refractivity contribution in [2.24, 2.45) is 0 Å². The number of hydrogen-bond acceptors (Lipinski definition) is 4. The Kier molecular flexibility index (Phi) is 5.12. The minimum atomic E-state index is -0.113. The molecule has 0 bridgehead atoms. The monoisotopic (exact) mass is 290 g/mol. The summed E-state index contributed by atoms with van der Waals surface area (Å²) in [6.07, 6.45) is 2.23. The van der Waals surface area contributed by atoms with Crippen molar-refractivity contribution in [3.05, 3.63) is 40.9 Å². The molecule has 1 heterocycles. The van der Waals surface area contributed by atoms with Crippen LogP contribution in [0, 0.1) is 0 Å². The lowest BCUT2D eigenvalue weighted by molar-refractivity contribution is -0.114. The second-order valence-corrected chi connectivity index (χ2v) is 5.37. The maximum Gasteiger partial charge on any atom is 0.223 e. The lowest BCUT2D eigenvalue weighted by atomic mass is 10.1. The van der Waals surface area contributed by atoms with E-state index in [4.69, 9.17) is 4.74 Å². The van der Waals surface area contributed by atoms with Crippen LogP contribution in [0.4, 0.5) is 5.13 Å². The van der Waals surface area contributed by atoms with Crippen LogP contribution >= 0.6 is 11.3 Å². The highest BCUT2D eigenvalue weighted by Gasteiger charge is 2.04. The molecular formula is C15H18N2O2S. The molecule has 2 rings (SSSR count). The molecule has 0 aliphatic carbocycles. The average molecular weight is 290 g/mol. The zero-order valence-corrected chi connectivity index (χ0v) is 12.5. The summed E-state index contributed by atoms with van der Waals surface area (Å²) in [5, 5.41) is 5.15. The Hall–Kier alpha value is -1.88. The molecule has 4 nitrogen and oxygen atoms in total. The lowest BCUT2D eigenvalue weighted by Gasteiger charge is -2.05. The summed E-state index contributed by atoms with van der Waals surface area (Å²) in [5.41, 5.74) is 2.14. The topological polar surface area (TPSA) is 51.2 Å². The summed E-state index contributed by atoms with van der Waals surface area (Å²) < 4.78 is 5.67. The van der Waals surface area contributed by atoms with E-state index in [0.29, 0.717) is 11.7 Å². The van der Waals surface area contributed by atoms with Crippen LogP contribution in [-0.2, 0) is 17.8 Å². The molecule has 0 aliphatic heterocycles. The standard InChI is InChI=1S/C15H18N2O2S/c1-3-4-12-5-7-14(8-6-12)19-9-13-10-20-15(17-13)16-11(2)18/h5-8,10H,3-4,9H2,1-2H3,(H,16,17,18). The van der Waals surface area contributed by atoms with Crippen LogP contribution in [0.2, 0.25) is 0 Å². The van der Waals surface area contributed by atoms with Crippen molar-refractivity contribution in [3.8, 4) is 5.75 Å². The molecule has 0 atom stereocenters. The fourth-order valence-electron chi connectivity index (χ4n) is 1.78. The number of carbonyl (C=O) groups excluding carboxylic acids is 1. The second-order valence-electron chi connectivity index (χ2n) is 4.51. The normalized spacial score (nSPS) is 10.3. The molecule has 0 radical (unpaired) electrons. The van der Waals surface area contributed by atoms with Gasteiger partial charge >= 0.3 is 0 Å². The van der Waals surface area contributed by atoms with Gasteiger partial charge in [-0.05, 0) is 24.1 Å². The third kappa shape index (κ3) is 4.35. The van der Waals surface area contributed by atoms with Crippen molar-refractivity contribution in [3.63, 3.8) is 0 Å². The van der Waals surface area contributed by atoms with E-state index >= 15 is 0 Å². The predicted molar refractivity (Wildman–Crippen MR) is 81.2 cm³/mol. The van der Waals surface area contributed by atoms with E-state index in [9.17, 15) is 4.79 Å². The van der Waals surface area contributed by atoms with E-state index in [-0.39, 0.29) is 5.91 Å². The number of anilines is 1. The van der Waals surface area contributed by atoms with Crippen LogP contribution in [0.1, 0.15) is 31.5 Å². The van der Waals surface area contributed by atoms with E-state index in [1.807, 2.05) is 17.5 Å². The Morgan fingerprint density at radius 1 is 1.35 bits per heavy atom. The van der Waals surface area contributed by atoms with Crippen molar-refractivity contribution in [2.45, 2.75) is 33.3 Å². The van der Waals surface area contributed by atoms with Gasteiger partial charge in [0.2, 0.25) is 5.91 Å². The van der Waals surface area contributed by atoms with Gasteiger partial charge in [-0.25, -0.2) is 4.98 Å². The highest BCUT2D eigenvalue weighted by atomic mass is 32.1. The first-order valence-corrected chi connectivity index (χ1v) is 7.49. The highest BCUT2D eigenvalue weighted by molar-refractivity contribution is 7.13.